The Bertz CT molecular complexity index is 559. The molecule has 0 amide bonds. The normalized spacial score (nSPS) is 22.8. The number of carbonyl (C=O) groups excluding carboxylic acids is 1. The summed E-state index contributed by atoms with van der Waals surface area (Å²) < 4.78 is 31.9. The minimum absolute atomic E-state index is 0.0672. The van der Waals surface area contributed by atoms with Crippen molar-refractivity contribution in [3.8, 4) is 0 Å². The first kappa shape index (κ1) is 14.2. The highest BCUT2D eigenvalue weighted by molar-refractivity contribution is 7.89. The van der Waals surface area contributed by atoms with Gasteiger partial charge in [-0.25, -0.2) is 13.1 Å². The molecule has 1 aromatic carbocycles. The number of ketones is 1. The molecule has 0 heterocycles. The number of benzene rings is 1. The molecule has 1 aromatic rings. The molecule has 1 aliphatic carbocycles. The van der Waals surface area contributed by atoms with Gasteiger partial charge in [0.25, 0.3) is 0 Å². The van der Waals surface area contributed by atoms with Crippen molar-refractivity contribution in [3.05, 3.63) is 29.8 Å². The van der Waals surface area contributed by atoms with E-state index < -0.39 is 10.0 Å². The van der Waals surface area contributed by atoms with Gasteiger partial charge < -0.3 is 4.74 Å². The van der Waals surface area contributed by atoms with Crippen molar-refractivity contribution < 1.29 is 17.9 Å². The lowest BCUT2D eigenvalue weighted by atomic mass is 9.90. The van der Waals surface area contributed by atoms with Crippen molar-refractivity contribution in [1.29, 1.82) is 0 Å². The quantitative estimate of drug-likeness (QED) is 0.828. The van der Waals surface area contributed by atoms with Gasteiger partial charge in [0.2, 0.25) is 10.0 Å². The summed E-state index contributed by atoms with van der Waals surface area (Å²) in [7, 11) is -1.89. The summed E-state index contributed by atoms with van der Waals surface area (Å²) in [4.78, 5) is 11.3. The van der Waals surface area contributed by atoms with Crippen molar-refractivity contribution in [2.45, 2.75) is 36.8 Å². The second-order valence-corrected chi connectivity index (χ2v) is 6.44. The summed E-state index contributed by atoms with van der Waals surface area (Å²) in [5.41, 5.74) is 0.502. The molecule has 0 unspecified atom stereocenters. The number of Topliss-reactive ketones (excluding diaryl/α,β-unsaturated/α-hetero) is 1. The predicted octanol–water partition coefficient (Wildman–Crippen LogP) is 1.34. The summed E-state index contributed by atoms with van der Waals surface area (Å²) in [6.07, 6.45) is 1.54. The number of rotatable bonds is 5. The van der Waals surface area contributed by atoms with E-state index in [1.807, 2.05) is 0 Å². The van der Waals surface area contributed by atoms with Gasteiger partial charge in [0, 0.05) is 18.7 Å². The van der Waals surface area contributed by atoms with Crippen LogP contribution >= 0.6 is 0 Å². The topological polar surface area (TPSA) is 72.5 Å². The largest absolute Gasteiger partial charge is 0.381 e. The molecule has 19 heavy (non-hydrogen) atoms. The molecule has 0 spiro atoms. The van der Waals surface area contributed by atoms with E-state index in [-0.39, 0.29) is 22.8 Å². The van der Waals surface area contributed by atoms with E-state index >= 15 is 0 Å². The van der Waals surface area contributed by atoms with Gasteiger partial charge in [-0.05, 0) is 31.9 Å². The van der Waals surface area contributed by atoms with E-state index in [0.29, 0.717) is 18.4 Å². The Kier molecular flexibility index (Phi) is 4.03. The summed E-state index contributed by atoms with van der Waals surface area (Å²) in [5, 5.41) is 0. The van der Waals surface area contributed by atoms with Crippen LogP contribution in [0.1, 0.15) is 30.1 Å². The minimum atomic E-state index is -3.51. The number of nitrogens with one attached hydrogen (secondary N) is 1. The number of ether oxygens (including phenoxy) is 1. The van der Waals surface area contributed by atoms with Crippen LogP contribution in [0.5, 0.6) is 0 Å². The average molecular weight is 283 g/mol. The van der Waals surface area contributed by atoms with E-state index in [0.717, 1.165) is 0 Å². The van der Waals surface area contributed by atoms with Gasteiger partial charge in [0.05, 0.1) is 11.0 Å². The Labute approximate surface area is 113 Å². The minimum Gasteiger partial charge on any atom is -0.381 e. The lowest BCUT2D eigenvalue weighted by molar-refractivity contribution is 0.0236. The van der Waals surface area contributed by atoms with Crippen LogP contribution in [0.3, 0.4) is 0 Å². The van der Waals surface area contributed by atoms with Crippen molar-refractivity contribution in [2.75, 3.05) is 7.11 Å². The fourth-order valence-electron chi connectivity index (χ4n) is 2.01. The first-order valence-electron chi connectivity index (χ1n) is 6.08. The number of sulfonamides is 1. The summed E-state index contributed by atoms with van der Waals surface area (Å²) in [6, 6.07) is 5.88. The molecule has 0 aliphatic heterocycles. The van der Waals surface area contributed by atoms with E-state index in [9.17, 15) is 13.2 Å². The lowest BCUT2D eigenvalue weighted by Gasteiger charge is -2.34. The maximum absolute atomic E-state index is 12.1. The van der Waals surface area contributed by atoms with Gasteiger partial charge in [0.1, 0.15) is 0 Å². The number of hydrogen-bond acceptors (Lipinski definition) is 4. The van der Waals surface area contributed by atoms with Gasteiger partial charge >= 0.3 is 0 Å². The van der Waals surface area contributed by atoms with E-state index in [2.05, 4.69) is 4.72 Å². The summed E-state index contributed by atoms with van der Waals surface area (Å²) in [6.45, 7) is 1.45. The first-order chi connectivity index (χ1) is 8.92. The molecule has 1 saturated carbocycles. The zero-order valence-corrected chi connectivity index (χ0v) is 11.7. The highest BCUT2D eigenvalue weighted by Gasteiger charge is 2.32. The molecule has 2 rings (SSSR count). The van der Waals surface area contributed by atoms with Gasteiger partial charge in [0.15, 0.2) is 5.78 Å². The molecule has 6 heteroatoms. The average Bonchev–Trinajstić information content (AvgIpc) is 2.33. The van der Waals surface area contributed by atoms with Crippen molar-refractivity contribution in [2.24, 2.45) is 0 Å². The van der Waals surface area contributed by atoms with Crippen LogP contribution in [0.15, 0.2) is 29.2 Å². The second-order valence-electron chi connectivity index (χ2n) is 4.73. The molecule has 0 aromatic heterocycles. The summed E-state index contributed by atoms with van der Waals surface area (Å²) in [5.74, 6) is -0.0844. The first-order valence-corrected chi connectivity index (χ1v) is 7.57. The zero-order valence-electron chi connectivity index (χ0n) is 10.9. The molecule has 1 fully saturated rings. The molecule has 1 N–H and O–H groups in total. The molecular formula is C13H17NO4S. The second kappa shape index (κ2) is 5.40. The Hall–Kier alpha value is -1.24. The molecule has 0 saturated heterocycles. The standard InChI is InChI=1S/C13H17NO4S/c1-9(15)10-3-5-13(6-4-10)19(16,17)14-11-7-12(8-11)18-2/h3-6,11-12,14H,7-8H2,1-2H3. The molecule has 1 aliphatic rings. The molecular weight excluding hydrogens is 266 g/mol. The van der Waals surface area contributed by atoms with Crippen molar-refractivity contribution >= 4 is 15.8 Å². The molecule has 0 bridgehead atoms. The Morgan fingerprint density at radius 1 is 1.26 bits per heavy atom. The molecule has 0 radical (unpaired) electrons. The Morgan fingerprint density at radius 2 is 1.84 bits per heavy atom. The highest BCUT2D eigenvalue weighted by Crippen LogP contribution is 2.24. The van der Waals surface area contributed by atoms with Crippen molar-refractivity contribution in [1.82, 2.24) is 4.72 Å². The molecule has 0 atom stereocenters. The maximum atomic E-state index is 12.1. The van der Waals surface area contributed by atoms with Crippen LogP contribution < -0.4 is 4.72 Å². The summed E-state index contributed by atoms with van der Waals surface area (Å²) >= 11 is 0. The smallest absolute Gasteiger partial charge is 0.240 e. The van der Waals surface area contributed by atoms with Crippen LogP contribution in [0.2, 0.25) is 0 Å². The van der Waals surface area contributed by atoms with E-state index in [1.165, 1.54) is 31.2 Å². The monoisotopic (exact) mass is 283 g/mol. The van der Waals surface area contributed by atoms with Gasteiger partial charge in [-0.3, -0.25) is 4.79 Å². The van der Waals surface area contributed by atoms with Gasteiger partial charge in [-0.2, -0.15) is 0 Å². The van der Waals surface area contributed by atoms with Crippen LogP contribution in [0.4, 0.5) is 0 Å². The van der Waals surface area contributed by atoms with E-state index in [1.54, 1.807) is 7.11 Å². The third kappa shape index (κ3) is 3.20. The third-order valence-corrected chi connectivity index (χ3v) is 4.86. The van der Waals surface area contributed by atoms with Gasteiger partial charge in [-0.15, -0.1) is 0 Å². The zero-order chi connectivity index (χ0) is 14.0. The van der Waals surface area contributed by atoms with Crippen LogP contribution in [0, 0.1) is 0 Å². The predicted molar refractivity (Wildman–Crippen MR) is 70.6 cm³/mol. The fourth-order valence-corrected chi connectivity index (χ4v) is 3.27. The number of carbonyl (C=O) groups is 1. The number of methoxy groups -OCH3 is 1. The number of hydrogen-bond donors (Lipinski definition) is 1. The molecule has 5 nitrogen and oxygen atoms in total. The SMILES string of the molecule is COC1CC(NS(=O)(=O)c2ccc(C(C)=O)cc2)C1. The third-order valence-electron chi connectivity index (χ3n) is 3.32. The maximum Gasteiger partial charge on any atom is 0.240 e. The van der Waals surface area contributed by atoms with E-state index in [4.69, 9.17) is 4.74 Å². The fraction of sp³-hybridized carbons (Fsp3) is 0.462. The van der Waals surface area contributed by atoms with Crippen LogP contribution in [-0.2, 0) is 14.8 Å². The van der Waals surface area contributed by atoms with Gasteiger partial charge in [-0.1, -0.05) is 12.1 Å². The van der Waals surface area contributed by atoms with Crippen molar-refractivity contribution in [3.63, 3.8) is 0 Å². The van der Waals surface area contributed by atoms with Crippen LogP contribution in [0.25, 0.3) is 0 Å². The van der Waals surface area contributed by atoms with Crippen LogP contribution in [-0.4, -0.2) is 33.5 Å². The lowest BCUT2D eigenvalue weighted by Crippen LogP contribution is -2.47. The molecule has 104 valence electrons. The highest BCUT2D eigenvalue weighted by atomic mass is 32.2. The Balaban J connectivity index is 2.05. The Morgan fingerprint density at radius 3 is 2.32 bits per heavy atom.